The molecule has 2 aromatic heterocycles. The van der Waals surface area contributed by atoms with Crippen LogP contribution in [0.4, 0.5) is 5.82 Å². The Balaban J connectivity index is 1.90. The molecule has 0 fully saturated rings. The second kappa shape index (κ2) is 6.97. The molecule has 0 atom stereocenters. The van der Waals surface area contributed by atoms with Crippen LogP contribution in [-0.4, -0.2) is 26.0 Å². The van der Waals surface area contributed by atoms with Gasteiger partial charge in [0.25, 0.3) is 0 Å². The number of aromatic nitrogens is 3. The first-order valence-corrected chi connectivity index (χ1v) is 7.83. The molecule has 0 bridgehead atoms. The van der Waals surface area contributed by atoms with Gasteiger partial charge in [-0.3, -0.25) is 4.98 Å². The number of benzene rings is 1. The third-order valence-corrected chi connectivity index (χ3v) is 3.97. The van der Waals surface area contributed by atoms with E-state index >= 15 is 0 Å². The van der Waals surface area contributed by atoms with Crippen molar-refractivity contribution in [1.82, 2.24) is 15.0 Å². The number of aromatic carboxylic acids is 1. The maximum Gasteiger partial charge on any atom is 0.374 e. The zero-order valence-corrected chi connectivity index (χ0v) is 13.0. The fourth-order valence-electron chi connectivity index (χ4n) is 2.16. The lowest BCUT2D eigenvalue weighted by atomic mass is 10.2. The molecule has 116 valence electrons. The molecule has 1 aromatic carbocycles. The summed E-state index contributed by atoms with van der Waals surface area (Å²) in [5, 5.41) is 9.09. The van der Waals surface area contributed by atoms with Gasteiger partial charge in [0.2, 0.25) is 5.82 Å². The molecule has 3 aromatic rings. The van der Waals surface area contributed by atoms with Gasteiger partial charge in [0, 0.05) is 23.8 Å². The largest absolute Gasteiger partial charge is 0.475 e. The Hall–Kier alpha value is -2.80. The number of carboxylic acids is 1. The molecule has 7 heteroatoms. The summed E-state index contributed by atoms with van der Waals surface area (Å²) < 4.78 is 0. The fraction of sp³-hybridized carbons (Fsp3) is 0.125. The topological polar surface area (TPSA) is 79.2 Å². The number of carbonyl (C=O) groups is 1. The van der Waals surface area contributed by atoms with E-state index in [1.807, 2.05) is 41.4 Å². The standard InChI is InChI=1S/C16H14N4O2S/c21-16(22)15-18-7-6-14(19-15)20(10-13-8-17-11-23-13)9-12-4-2-1-3-5-12/h1-8,11H,9-10H2,(H,21,22). The maximum absolute atomic E-state index is 11.1. The van der Waals surface area contributed by atoms with Crippen molar-refractivity contribution >= 4 is 23.1 Å². The Kier molecular flexibility index (Phi) is 4.58. The Morgan fingerprint density at radius 2 is 2.00 bits per heavy atom. The van der Waals surface area contributed by atoms with Crippen LogP contribution < -0.4 is 4.90 Å². The van der Waals surface area contributed by atoms with Crippen molar-refractivity contribution in [1.29, 1.82) is 0 Å². The van der Waals surface area contributed by atoms with Crippen molar-refractivity contribution in [3.05, 3.63) is 70.6 Å². The second-order valence-electron chi connectivity index (χ2n) is 4.85. The molecule has 0 aliphatic heterocycles. The molecular formula is C16H14N4O2S. The zero-order valence-electron chi connectivity index (χ0n) is 12.2. The molecule has 2 heterocycles. The van der Waals surface area contributed by atoms with Gasteiger partial charge in [-0.2, -0.15) is 0 Å². The molecule has 0 radical (unpaired) electrons. The summed E-state index contributed by atoms with van der Waals surface area (Å²) in [5.74, 6) is -0.760. The molecule has 0 aliphatic carbocycles. The summed E-state index contributed by atoms with van der Waals surface area (Å²) in [4.78, 5) is 26.2. The first kappa shape index (κ1) is 15.1. The quantitative estimate of drug-likeness (QED) is 0.750. The summed E-state index contributed by atoms with van der Waals surface area (Å²) in [6, 6.07) is 11.7. The van der Waals surface area contributed by atoms with Crippen molar-refractivity contribution in [3.63, 3.8) is 0 Å². The highest BCUT2D eigenvalue weighted by Gasteiger charge is 2.14. The van der Waals surface area contributed by atoms with Crippen LogP contribution in [0.2, 0.25) is 0 Å². The van der Waals surface area contributed by atoms with Crippen LogP contribution in [0, 0.1) is 0 Å². The minimum Gasteiger partial charge on any atom is -0.475 e. The van der Waals surface area contributed by atoms with Crippen molar-refractivity contribution in [3.8, 4) is 0 Å². The predicted molar refractivity (Wildman–Crippen MR) is 87.4 cm³/mol. The number of hydrogen-bond acceptors (Lipinski definition) is 6. The Morgan fingerprint density at radius 3 is 2.70 bits per heavy atom. The van der Waals surface area contributed by atoms with Gasteiger partial charge in [0.15, 0.2) is 0 Å². The third kappa shape index (κ3) is 3.89. The van der Waals surface area contributed by atoms with Crippen molar-refractivity contribution < 1.29 is 9.90 Å². The lowest BCUT2D eigenvalue weighted by molar-refractivity contribution is 0.0683. The maximum atomic E-state index is 11.1. The van der Waals surface area contributed by atoms with Crippen LogP contribution >= 0.6 is 11.3 Å². The molecule has 23 heavy (non-hydrogen) atoms. The fourth-order valence-corrected chi connectivity index (χ4v) is 2.77. The minimum absolute atomic E-state index is 0.204. The molecule has 1 N–H and O–H groups in total. The van der Waals surface area contributed by atoms with E-state index in [-0.39, 0.29) is 5.82 Å². The average Bonchev–Trinajstić information content (AvgIpc) is 3.08. The van der Waals surface area contributed by atoms with Crippen LogP contribution in [0.1, 0.15) is 21.1 Å². The normalized spacial score (nSPS) is 10.4. The molecule has 3 rings (SSSR count). The first-order valence-electron chi connectivity index (χ1n) is 6.95. The molecule has 0 aliphatic rings. The lowest BCUT2D eigenvalue weighted by Gasteiger charge is -2.23. The minimum atomic E-state index is -1.13. The van der Waals surface area contributed by atoms with Crippen molar-refractivity contribution in [2.24, 2.45) is 0 Å². The highest BCUT2D eigenvalue weighted by Crippen LogP contribution is 2.19. The number of anilines is 1. The number of hydrogen-bond donors (Lipinski definition) is 1. The van der Waals surface area contributed by atoms with E-state index in [9.17, 15) is 4.79 Å². The summed E-state index contributed by atoms with van der Waals surface area (Å²) in [5.41, 5.74) is 2.89. The van der Waals surface area contributed by atoms with E-state index < -0.39 is 5.97 Å². The molecular weight excluding hydrogens is 312 g/mol. The van der Waals surface area contributed by atoms with Gasteiger partial charge in [0.05, 0.1) is 12.1 Å². The van der Waals surface area contributed by atoms with Crippen LogP contribution in [-0.2, 0) is 13.1 Å². The number of thiazole rings is 1. The first-order chi connectivity index (χ1) is 11.2. The second-order valence-corrected chi connectivity index (χ2v) is 5.82. The van der Waals surface area contributed by atoms with E-state index in [1.165, 1.54) is 6.20 Å². The lowest BCUT2D eigenvalue weighted by Crippen LogP contribution is -2.23. The number of nitrogens with zero attached hydrogens (tertiary/aromatic N) is 4. The molecule has 0 unspecified atom stereocenters. The summed E-state index contributed by atoms with van der Waals surface area (Å²) in [6.07, 6.45) is 3.28. The molecule has 0 saturated carbocycles. The van der Waals surface area contributed by atoms with Crippen LogP contribution in [0.25, 0.3) is 0 Å². The SMILES string of the molecule is O=C(O)c1nccc(N(Cc2ccccc2)Cc2cncs2)n1. The van der Waals surface area contributed by atoms with Gasteiger partial charge in [0.1, 0.15) is 5.82 Å². The van der Waals surface area contributed by atoms with Crippen LogP contribution in [0.15, 0.2) is 54.3 Å². The summed E-state index contributed by atoms with van der Waals surface area (Å²) in [7, 11) is 0. The Bertz CT molecular complexity index is 778. The van der Waals surface area contributed by atoms with E-state index in [0.29, 0.717) is 18.9 Å². The van der Waals surface area contributed by atoms with Gasteiger partial charge < -0.3 is 10.0 Å². The van der Waals surface area contributed by atoms with Gasteiger partial charge >= 0.3 is 5.97 Å². The number of carboxylic acid groups (broad SMARTS) is 1. The van der Waals surface area contributed by atoms with Gasteiger partial charge in [-0.15, -0.1) is 11.3 Å². The summed E-state index contributed by atoms with van der Waals surface area (Å²) >= 11 is 1.55. The molecule has 0 saturated heterocycles. The molecule has 0 amide bonds. The highest BCUT2D eigenvalue weighted by molar-refractivity contribution is 7.09. The van der Waals surface area contributed by atoms with E-state index in [1.54, 1.807) is 22.9 Å². The monoisotopic (exact) mass is 326 g/mol. The van der Waals surface area contributed by atoms with Crippen LogP contribution in [0.3, 0.4) is 0 Å². The molecule has 6 nitrogen and oxygen atoms in total. The highest BCUT2D eigenvalue weighted by atomic mass is 32.1. The smallest absolute Gasteiger partial charge is 0.374 e. The van der Waals surface area contributed by atoms with Gasteiger partial charge in [-0.05, 0) is 11.6 Å². The van der Waals surface area contributed by atoms with Crippen molar-refractivity contribution in [2.45, 2.75) is 13.1 Å². The van der Waals surface area contributed by atoms with Crippen LogP contribution in [0.5, 0.6) is 0 Å². The zero-order chi connectivity index (χ0) is 16.1. The Morgan fingerprint density at radius 1 is 1.17 bits per heavy atom. The van der Waals surface area contributed by atoms with Gasteiger partial charge in [-0.25, -0.2) is 14.8 Å². The van der Waals surface area contributed by atoms with Crippen molar-refractivity contribution in [2.75, 3.05) is 4.90 Å². The Labute approximate surface area is 137 Å². The summed E-state index contributed by atoms with van der Waals surface area (Å²) in [6.45, 7) is 1.23. The van der Waals surface area contributed by atoms with E-state index in [4.69, 9.17) is 5.11 Å². The van der Waals surface area contributed by atoms with E-state index in [2.05, 4.69) is 15.0 Å². The average molecular weight is 326 g/mol. The third-order valence-electron chi connectivity index (χ3n) is 3.20. The van der Waals surface area contributed by atoms with Gasteiger partial charge in [-0.1, -0.05) is 30.3 Å². The predicted octanol–water partition coefficient (Wildman–Crippen LogP) is 2.84. The molecule has 0 spiro atoms. The van der Waals surface area contributed by atoms with E-state index in [0.717, 1.165) is 10.4 Å². The number of rotatable bonds is 6.